The van der Waals surface area contributed by atoms with Crippen LogP contribution in [0.15, 0.2) is 35.0 Å². The van der Waals surface area contributed by atoms with Crippen LogP contribution in [-0.2, 0) is 14.9 Å². The molecule has 0 saturated heterocycles. The van der Waals surface area contributed by atoms with E-state index in [9.17, 15) is 13.2 Å². The van der Waals surface area contributed by atoms with E-state index in [2.05, 4.69) is 0 Å². The fraction of sp³-hybridized carbons (Fsp3) is 0.500. The van der Waals surface area contributed by atoms with Gasteiger partial charge in [0.1, 0.15) is 5.78 Å². The molecule has 8 heteroatoms. The van der Waals surface area contributed by atoms with Crippen molar-refractivity contribution in [3.05, 3.63) is 39.4 Å². The number of fused-ring (bicyclic) bond motifs is 2. The Morgan fingerprint density at radius 3 is 2.35 bits per heavy atom. The van der Waals surface area contributed by atoms with Gasteiger partial charge in [0, 0.05) is 6.42 Å². The van der Waals surface area contributed by atoms with Crippen LogP contribution in [0, 0.1) is 16.7 Å². The Labute approximate surface area is 167 Å². The summed E-state index contributed by atoms with van der Waals surface area (Å²) in [5.74, 6) is 0.212. The van der Waals surface area contributed by atoms with Gasteiger partial charge in [0.15, 0.2) is 5.06 Å². The fourth-order valence-corrected chi connectivity index (χ4v) is 7.37. The minimum atomic E-state index is -3.75. The smallest absolute Gasteiger partial charge is 0.310 e. The van der Waals surface area contributed by atoms with Crippen LogP contribution in [0.4, 0.5) is 0 Å². The van der Waals surface area contributed by atoms with Crippen molar-refractivity contribution in [2.75, 3.05) is 5.75 Å². The Bertz CT molecular complexity index is 856. The van der Waals surface area contributed by atoms with Gasteiger partial charge in [-0.25, -0.2) is 0 Å². The molecule has 0 amide bonds. The van der Waals surface area contributed by atoms with Crippen LogP contribution >= 0.6 is 34.3 Å². The Morgan fingerprint density at radius 1 is 1.23 bits per heavy atom. The van der Waals surface area contributed by atoms with Crippen LogP contribution in [0.1, 0.15) is 33.1 Å². The van der Waals surface area contributed by atoms with Gasteiger partial charge in [-0.1, -0.05) is 25.4 Å². The Balaban J connectivity index is 0.000000278. The first kappa shape index (κ1) is 19.9. The van der Waals surface area contributed by atoms with E-state index in [1.54, 1.807) is 28.8 Å². The fourth-order valence-electron chi connectivity index (χ4n) is 4.13. The van der Waals surface area contributed by atoms with Crippen LogP contribution in [0.2, 0.25) is 4.34 Å². The number of halogens is 1. The van der Waals surface area contributed by atoms with Crippen LogP contribution in [0.25, 0.3) is 0 Å². The molecule has 2 atom stereocenters. The van der Waals surface area contributed by atoms with Crippen molar-refractivity contribution in [2.24, 2.45) is 16.7 Å². The summed E-state index contributed by atoms with van der Waals surface area (Å²) in [5.41, 5.74) is -1.01. The van der Waals surface area contributed by atoms with Crippen LogP contribution in [-0.4, -0.2) is 20.0 Å². The number of hydrogen-bond donors (Lipinski definition) is 0. The van der Waals surface area contributed by atoms with Crippen molar-refractivity contribution < 1.29 is 17.4 Å². The molecule has 2 fully saturated rings. The molecule has 0 spiro atoms. The van der Waals surface area contributed by atoms with E-state index in [1.165, 1.54) is 11.3 Å². The number of ketones is 1. The number of thiophene rings is 2. The molecule has 0 N–H and O–H groups in total. The van der Waals surface area contributed by atoms with E-state index in [1.807, 2.05) is 31.4 Å². The standard InChI is InChI=1S/C14H18O4S2.C4H3ClS/c1-13(2)10-5-6-14(13,11(15)8-10)9-20(16,17)18-12-4-3-7-19-12;5-4-2-1-3-6-4/h3-4,7,10H,5-6,8-9H2,1-2H3;1-3H/t10-,14+;/m0./s1. The summed E-state index contributed by atoms with van der Waals surface area (Å²) in [6, 6.07) is 7.15. The van der Waals surface area contributed by atoms with Crippen LogP contribution in [0.5, 0.6) is 5.06 Å². The van der Waals surface area contributed by atoms with E-state index in [4.69, 9.17) is 15.8 Å². The Kier molecular flexibility index (Phi) is 5.55. The molecule has 2 aromatic heterocycles. The van der Waals surface area contributed by atoms with E-state index >= 15 is 0 Å². The topological polar surface area (TPSA) is 60.4 Å². The number of carbonyl (C=O) groups excluding carboxylic acids is 1. The molecule has 2 aliphatic rings. The number of Topliss-reactive ketones (excluding diaryl/α,β-unsaturated/α-hetero) is 1. The quantitative estimate of drug-likeness (QED) is 0.618. The molecule has 142 valence electrons. The van der Waals surface area contributed by atoms with Crippen molar-refractivity contribution >= 4 is 50.2 Å². The Morgan fingerprint density at radius 2 is 1.92 bits per heavy atom. The summed E-state index contributed by atoms with van der Waals surface area (Å²) in [6.45, 7) is 4.05. The zero-order chi connectivity index (χ0) is 19.0. The summed E-state index contributed by atoms with van der Waals surface area (Å²) in [7, 11) is -3.75. The predicted octanol–water partition coefficient (Wildman–Crippen LogP) is 5.25. The van der Waals surface area contributed by atoms with Crippen molar-refractivity contribution in [1.82, 2.24) is 0 Å². The molecule has 2 heterocycles. The number of hydrogen-bond acceptors (Lipinski definition) is 6. The average Bonchev–Trinajstić information content (AvgIpc) is 3.29. The molecule has 2 aliphatic carbocycles. The predicted molar refractivity (Wildman–Crippen MR) is 107 cm³/mol. The largest absolute Gasteiger partial charge is 0.371 e. The summed E-state index contributed by atoms with van der Waals surface area (Å²) in [4.78, 5) is 12.3. The highest BCUT2D eigenvalue weighted by Crippen LogP contribution is 2.64. The molecule has 4 rings (SSSR count). The molecule has 4 nitrogen and oxygen atoms in total. The van der Waals surface area contributed by atoms with Gasteiger partial charge in [0.05, 0.1) is 15.5 Å². The number of rotatable bonds is 4. The van der Waals surface area contributed by atoms with E-state index in [0.717, 1.165) is 10.8 Å². The second kappa shape index (κ2) is 7.26. The van der Waals surface area contributed by atoms with Crippen molar-refractivity contribution in [2.45, 2.75) is 33.1 Å². The monoisotopic (exact) mass is 432 g/mol. The molecule has 2 bridgehead atoms. The molecule has 2 aromatic rings. The lowest BCUT2D eigenvalue weighted by Crippen LogP contribution is -2.43. The second-order valence-corrected chi connectivity index (χ2v) is 11.4. The first-order valence-electron chi connectivity index (χ1n) is 8.34. The molecule has 0 radical (unpaired) electrons. The summed E-state index contributed by atoms with van der Waals surface area (Å²) in [6.07, 6.45) is 2.12. The maximum absolute atomic E-state index is 12.3. The van der Waals surface area contributed by atoms with Gasteiger partial charge in [-0.15, -0.1) is 22.7 Å². The zero-order valence-corrected chi connectivity index (χ0v) is 17.8. The number of carbonyl (C=O) groups is 1. The van der Waals surface area contributed by atoms with Crippen molar-refractivity contribution in [1.29, 1.82) is 0 Å². The van der Waals surface area contributed by atoms with E-state index in [0.29, 0.717) is 23.8 Å². The summed E-state index contributed by atoms with van der Waals surface area (Å²) in [5, 5.41) is 4.07. The Hall–Kier alpha value is -0.890. The molecule has 26 heavy (non-hydrogen) atoms. The van der Waals surface area contributed by atoms with Gasteiger partial charge in [-0.2, -0.15) is 8.42 Å². The molecular formula is C18H21ClO4S3. The third-order valence-electron chi connectivity index (χ3n) is 5.75. The molecule has 0 aromatic carbocycles. The van der Waals surface area contributed by atoms with Crippen LogP contribution in [0.3, 0.4) is 0 Å². The lowest BCUT2D eigenvalue weighted by Gasteiger charge is -2.35. The van der Waals surface area contributed by atoms with Gasteiger partial charge in [0.2, 0.25) is 0 Å². The molecule has 0 unspecified atom stereocenters. The molecule has 2 saturated carbocycles. The lowest BCUT2D eigenvalue weighted by molar-refractivity contribution is -0.128. The maximum atomic E-state index is 12.3. The first-order valence-corrected chi connectivity index (χ1v) is 12.1. The van der Waals surface area contributed by atoms with Crippen molar-refractivity contribution in [3.63, 3.8) is 0 Å². The molecule has 0 aliphatic heterocycles. The summed E-state index contributed by atoms with van der Waals surface area (Å²) >= 11 is 8.26. The average molecular weight is 433 g/mol. The van der Waals surface area contributed by atoms with Crippen LogP contribution < -0.4 is 4.18 Å². The summed E-state index contributed by atoms with van der Waals surface area (Å²) < 4.78 is 30.6. The lowest BCUT2D eigenvalue weighted by atomic mass is 9.70. The highest BCUT2D eigenvalue weighted by atomic mass is 35.5. The van der Waals surface area contributed by atoms with Crippen molar-refractivity contribution in [3.8, 4) is 5.06 Å². The second-order valence-electron chi connectivity index (χ2n) is 7.30. The zero-order valence-electron chi connectivity index (χ0n) is 14.6. The minimum absolute atomic E-state index is 0.0945. The van der Waals surface area contributed by atoms with E-state index in [-0.39, 0.29) is 17.0 Å². The minimum Gasteiger partial charge on any atom is -0.371 e. The highest BCUT2D eigenvalue weighted by Gasteiger charge is 2.65. The third-order valence-corrected chi connectivity index (χ3v) is 8.93. The van der Waals surface area contributed by atoms with Gasteiger partial charge in [-0.05, 0) is 59.2 Å². The van der Waals surface area contributed by atoms with Gasteiger partial charge >= 0.3 is 10.1 Å². The molecular weight excluding hydrogens is 412 g/mol. The first-order chi connectivity index (χ1) is 12.2. The van der Waals surface area contributed by atoms with Gasteiger partial charge in [0.25, 0.3) is 0 Å². The highest BCUT2D eigenvalue weighted by molar-refractivity contribution is 7.87. The normalized spacial score (nSPS) is 26.4. The van der Waals surface area contributed by atoms with E-state index < -0.39 is 15.5 Å². The van der Waals surface area contributed by atoms with Gasteiger partial charge in [-0.3, -0.25) is 4.79 Å². The maximum Gasteiger partial charge on any atom is 0.310 e. The van der Waals surface area contributed by atoms with Gasteiger partial charge < -0.3 is 4.18 Å². The SMILES string of the molecule is CC1(C)[C@H]2CC[C@@]1(CS(=O)(=O)Oc1cccs1)C(=O)C2.Clc1cccs1. The third kappa shape index (κ3) is 3.72.